The van der Waals surface area contributed by atoms with E-state index in [1.54, 1.807) is 0 Å². The normalized spacial score (nSPS) is 47.1. The molecule has 3 rings (SSSR count). The van der Waals surface area contributed by atoms with Crippen LogP contribution < -0.4 is 0 Å². The van der Waals surface area contributed by atoms with Gasteiger partial charge in [-0.2, -0.15) is 0 Å². The van der Waals surface area contributed by atoms with Crippen molar-refractivity contribution < 1.29 is 8.78 Å². The standard InChI is InChI=1S/C20H32F2/c1-2-14-3-5-15(6-4-14)16-7-9-17(10-8-16)18-11-12-19(21)20(22)13-18/h2,14-20H,1,3-13H2. The van der Waals surface area contributed by atoms with Crippen LogP contribution in [0.1, 0.15) is 70.6 Å². The Morgan fingerprint density at radius 2 is 1.05 bits per heavy atom. The molecule has 0 aliphatic heterocycles. The van der Waals surface area contributed by atoms with Gasteiger partial charge in [-0.05, 0) is 100 Å². The van der Waals surface area contributed by atoms with Gasteiger partial charge in [0.1, 0.15) is 12.3 Å². The van der Waals surface area contributed by atoms with Gasteiger partial charge in [0.25, 0.3) is 0 Å². The number of hydrogen-bond acceptors (Lipinski definition) is 0. The van der Waals surface area contributed by atoms with Crippen LogP contribution in [0.3, 0.4) is 0 Å². The molecule has 3 aliphatic rings. The maximum absolute atomic E-state index is 13.6. The van der Waals surface area contributed by atoms with E-state index in [0.29, 0.717) is 24.7 Å². The minimum Gasteiger partial charge on any atom is -0.244 e. The summed E-state index contributed by atoms with van der Waals surface area (Å²) >= 11 is 0. The summed E-state index contributed by atoms with van der Waals surface area (Å²) in [4.78, 5) is 0. The lowest BCUT2D eigenvalue weighted by molar-refractivity contribution is 0.0479. The third kappa shape index (κ3) is 3.74. The van der Waals surface area contributed by atoms with Crippen LogP contribution in [0.2, 0.25) is 0 Å². The van der Waals surface area contributed by atoms with Crippen molar-refractivity contribution in [2.45, 2.75) is 83.0 Å². The molecule has 0 amide bonds. The second kappa shape index (κ2) is 7.45. The number of halogens is 2. The topological polar surface area (TPSA) is 0 Å². The van der Waals surface area contributed by atoms with Gasteiger partial charge in [0.05, 0.1) is 0 Å². The average Bonchev–Trinajstić information content (AvgIpc) is 2.58. The lowest BCUT2D eigenvalue weighted by atomic mass is 9.65. The average molecular weight is 310 g/mol. The van der Waals surface area contributed by atoms with E-state index < -0.39 is 12.3 Å². The molecule has 3 unspecified atom stereocenters. The van der Waals surface area contributed by atoms with Crippen LogP contribution >= 0.6 is 0 Å². The first-order chi connectivity index (χ1) is 10.7. The van der Waals surface area contributed by atoms with Gasteiger partial charge in [0, 0.05) is 0 Å². The quantitative estimate of drug-likeness (QED) is 0.539. The zero-order valence-corrected chi connectivity index (χ0v) is 13.9. The molecule has 0 bridgehead atoms. The van der Waals surface area contributed by atoms with Gasteiger partial charge in [0.2, 0.25) is 0 Å². The summed E-state index contributed by atoms with van der Waals surface area (Å²) in [5.41, 5.74) is 0. The molecule has 3 aliphatic carbocycles. The summed E-state index contributed by atoms with van der Waals surface area (Å²) in [5, 5.41) is 0. The van der Waals surface area contributed by atoms with E-state index >= 15 is 0 Å². The Labute approximate surface area is 134 Å². The van der Waals surface area contributed by atoms with Gasteiger partial charge < -0.3 is 0 Å². The van der Waals surface area contributed by atoms with E-state index in [1.165, 1.54) is 51.4 Å². The van der Waals surface area contributed by atoms with Crippen molar-refractivity contribution in [1.29, 1.82) is 0 Å². The van der Waals surface area contributed by atoms with Crippen LogP contribution in [-0.2, 0) is 0 Å². The van der Waals surface area contributed by atoms with Crippen molar-refractivity contribution in [3.63, 3.8) is 0 Å². The molecule has 0 aromatic heterocycles. The second-order valence-corrected chi connectivity index (χ2v) is 8.19. The molecule has 0 aromatic rings. The number of hydrogen-bond donors (Lipinski definition) is 0. The predicted molar refractivity (Wildman–Crippen MR) is 88.2 cm³/mol. The van der Waals surface area contributed by atoms with Crippen molar-refractivity contribution in [3.05, 3.63) is 12.7 Å². The molecule has 0 N–H and O–H groups in total. The van der Waals surface area contributed by atoms with Crippen LogP contribution in [0.15, 0.2) is 12.7 Å². The van der Waals surface area contributed by atoms with E-state index in [0.717, 1.165) is 24.2 Å². The fraction of sp³-hybridized carbons (Fsp3) is 0.900. The minimum atomic E-state index is -1.19. The van der Waals surface area contributed by atoms with Crippen LogP contribution in [0, 0.1) is 29.6 Å². The monoisotopic (exact) mass is 310 g/mol. The third-order valence-corrected chi connectivity index (χ3v) is 7.03. The summed E-state index contributed by atoms with van der Waals surface area (Å²) < 4.78 is 26.9. The Kier molecular flexibility index (Phi) is 5.57. The van der Waals surface area contributed by atoms with Crippen molar-refractivity contribution in [3.8, 4) is 0 Å². The molecule has 2 heteroatoms. The van der Waals surface area contributed by atoms with Crippen LogP contribution in [0.25, 0.3) is 0 Å². The number of alkyl halides is 2. The predicted octanol–water partition coefficient (Wildman–Crippen LogP) is 6.26. The maximum Gasteiger partial charge on any atom is 0.131 e. The van der Waals surface area contributed by atoms with E-state index in [1.807, 2.05) is 0 Å². The molecule has 0 nitrogen and oxygen atoms in total. The van der Waals surface area contributed by atoms with E-state index in [-0.39, 0.29) is 0 Å². The van der Waals surface area contributed by atoms with Crippen LogP contribution in [-0.4, -0.2) is 12.3 Å². The van der Waals surface area contributed by atoms with Crippen molar-refractivity contribution in [1.82, 2.24) is 0 Å². The zero-order valence-electron chi connectivity index (χ0n) is 13.9. The smallest absolute Gasteiger partial charge is 0.131 e. The number of rotatable bonds is 3. The lowest BCUT2D eigenvalue weighted by Crippen LogP contribution is -2.34. The molecule has 3 saturated carbocycles. The van der Waals surface area contributed by atoms with Crippen molar-refractivity contribution >= 4 is 0 Å². The molecule has 0 spiro atoms. The Morgan fingerprint density at radius 3 is 1.55 bits per heavy atom. The Morgan fingerprint density at radius 1 is 0.591 bits per heavy atom. The first-order valence-electron chi connectivity index (χ1n) is 9.58. The van der Waals surface area contributed by atoms with Gasteiger partial charge >= 0.3 is 0 Å². The fourth-order valence-corrected chi connectivity index (χ4v) is 5.48. The largest absolute Gasteiger partial charge is 0.244 e. The summed E-state index contributed by atoms with van der Waals surface area (Å²) in [6, 6.07) is 0. The van der Waals surface area contributed by atoms with Crippen molar-refractivity contribution in [2.75, 3.05) is 0 Å². The summed E-state index contributed by atoms with van der Waals surface area (Å²) in [6.07, 6.45) is 12.2. The third-order valence-electron chi connectivity index (χ3n) is 7.03. The fourth-order valence-electron chi connectivity index (χ4n) is 5.48. The highest BCUT2D eigenvalue weighted by atomic mass is 19.2. The van der Waals surface area contributed by atoms with Gasteiger partial charge in [-0.1, -0.05) is 6.08 Å². The Balaban J connectivity index is 1.44. The minimum absolute atomic E-state index is 0.456. The SMILES string of the molecule is C=CC1CCC(C2CCC(C3CCC(F)C(F)C3)CC2)CC1. The lowest BCUT2D eigenvalue weighted by Gasteiger charge is -2.41. The first kappa shape index (κ1) is 16.5. The summed E-state index contributed by atoms with van der Waals surface area (Å²) in [7, 11) is 0. The van der Waals surface area contributed by atoms with Crippen molar-refractivity contribution in [2.24, 2.45) is 29.6 Å². The highest BCUT2D eigenvalue weighted by Gasteiger charge is 2.37. The molecule has 22 heavy (non-hydrogen) atoms. The molecule has 0 radical (unpaired) electrons. The van der Waals surface area contributed by atoms with Gasteiger partial charge in [-0.15, -0.1) is 6.58 Å². The van der Waals surface area contributed by atoms with Crippen LogP contribution in [0.4, 0.5) is 8.78 Å². The van der Waals surface area contributed by atoms with Gasteiger partial charge in [-0.25, -0.2) is 8.78 Å². The van der Waals surface area contributed by atoms with E-state index in [4.69, 9.17) is 0 Å². The van der Waals surface area contributed by atoms with Crippen LogP contribution in [0.5, 0.6) is 0 Å². The summed E-state index contributed by atoms with van der Waals surface area (Å²) in [6.45, 7) is 3.94. The number of allylic oxidation sites excluding steroid dienone is 1. The molecular weight excluding hydrogens is 278 g/mol. The van der Waals surface area contributed by atoms with Gasteiger partial charge in [0.15, 0.2) is 0 Å². The second-order valence-electron chi connectivity index (χ2n) is 8.19. The first-order valence-corrected chi connectivity index (χ1v) is 9.58. The molecule has 0 saturated heterocycles. The highest BCUT2D eigenvalue weighted by molar-refractivity contribution is 4.90. The molecule has 3 atom stereocenters. The molecule has 0 aromatic carbocycles. The molecule has 3 fully saturated rings. The zero-order chi connectivity index (χ0) is 15.5. The summed E-state index contributed by atoms with van der Waals surface area (Å²) in [5.74, 6) is 3.71. The Bertz CT molecular complexity index is 351. The van der Waals surface area contributed by atoms with Gasteiger partial charge in [-0.3, -0.25) is 0 Å². The Hall–Kier alpha value is -0.400. The highest BCUT2D eigenvalue weighted by Crippen LogP contribution is 2.45. The molecule has 0 heterocycles. The van der Waals surface area contributed by atoms with E-state index in [2.05, 4.69) is 12.7 Å². The van der Waals surface area contributed by atoms with E-state index in [9.17, 15) is 8.78 Å². The molecular formula is C20H32F2. The maximum atomic E-state index is 13.6. The molecule has 126 valence electrons.